The number of carbonyl (C=O) groups excluding carboxylic acids is 1. The van der Waals surface area contributed by atoms with Crippen molar-refractivity contribution in [2.75, 3.05) is 0 Å². The number of amides is 1. The molecule has 0 aliphatic heterocycles. The van der Waals surface area contributed by atoms with Gasteiger partial charge in [-0.05, 0) is 31.0 Å². The van der Waals surface area contributed by atoms with Crippen LogP contribution in [0.3, 0.4) is 0 Å². The zero-order valence-electron chi connectivity index (χ0n) is 15.3. The summed E-state index contributed by atoms with van der Waals surface area (Å²) < 4.78 is 33.3. The van der Waals surface area contributed by atoms with E-state index in [9.17, 15) is 13.2 Å². The van der Waals surface area contributed by atoms with Crippen molar-refractivity contribution in [2.45, 2.75) is 25.2 Å². The molecule has 0 aliphatic carbocycles. The molecule has 0 N–H and O–H groups in total. The fourth-order valence-electron chi connectivity index (χ4n) is 2.57. The van der Waals surface area contributed by atoms with Crippen LogP contribution in [-0.4, -0.2) is 19.5 Å². The van der Waals surface area contributed by atoms with Crippen molar-refractivity contribution in [3.05, 3.63) is 65.1 Å². The summed E-state index contributed by atoms with van der Waals surface area (Å²) in [4.78, 5) is 11.4. The number of hydrogen-bond donors (Lipinski definition) is 0. The van der Waals surface area contributed by atoms with Crippen molar-refractivity contribution in [3.8, 4) is 22.4 Å². The molecule has 0 spiro atoms. The van der Waals surface area contributed by atoms with Gasteiger partial charge in [0.15, 0.2) is 0 Å². The van der Waals surface area contributed by atoms with Crippen LogP contribution in [0.5, 0.6) is 0 Å². The number of nitrogens with zero attached hydrogens (tertiary/aromatic N) is 2. The molecule has 1 aromatic heterocycles. The Balaban J connectivity index is 0.00000261. The molecular formula is C19H17N2NaO4S. The Morgan fingerprint density at radius 2 is 1.74 bits per heavy atom. The number of sulfonamides is 1. The Labute approximate surface area is 180 Å². The van der Waals surface area contributed by atoms with Gasteiger partial charge in [0.1, 0.15) is 21.5 Å². The Morgan fingerprint density at radius 3 is 2.41 bits per heavy atom. The van der Waals surface area contributed by atoms with Gasteiger partial charge in [0.25, 0.3) is 0 Å². The largest absolute Gasteiger partial charge is 1.00 e. The van der Waals surface area contributed by atoms with Gasteiger partial charge in [-0.3, -0.25) is 0 Å². The molecule has 0 unspecified atom stereocenters. The predicted molar refractivity (Wildman–Crippen MR) is 98.0 cm³/mol. The van der Waals surface area contributed by atoms with E-state index in [0.717, 1.165) is 11.1 Å². The average Bonchev–Trinajstić information content (AvgIpc) is 3.03. The molecule has 1 amide bonds. The summed E-state index contributed by atoms with van der Waals surface area (Å²) in [5, 5.41) is 4.10. The predicted octanol–water partition coefficient (Wildman–Crippen LogP) is 1.32. The molecule has 134 valence electrons. The summed E-state index contributed by atoms with van der Waals surface area (Å²) in [6.45, 7) is 3.36. The summed E-state index contributed by atoms with van der Waals surface area (Å²) in [5.41, 5.74) is 2.82. The normalized spacial score (nSPS) is 10.9. The van der Waals surface area contributed by atoms with E-state index >= 15 is 0 Å². The smallest absolute Gasteiger partial charge is 0.542 e. The zero-order valence-corrected chi connectivity index (χ0v) is 18.2. The third-order valence-corrected chi connectivity index (χ3v) is 5.15. The molecule has 2 aromatic carbocycles. The first-order chi connectivity index (χ1) is 12.4. The van der Waals surface area contributed by atoms with E-state index in [1.165, 1.54) is 12.1 Å². The van der Waals surface area contributed by atoms with Crippen molar-refractivity contribution in [1.29, 1.82) is 0 Å². The maximum absolute atomic E-state index is 12.3. The molecule has 0 fully saturated rings. The van der Waals surface area contributed by atoms with E-state index in [2.05, 4.69) is 9.88 Å². The molecule has 0 saturated heterocycles. The summed E-state index contributed by atoms with van der Waals surface area (Å²) in [6.07, 6.45) is 0.0273. The number of hydrogen-bond acceptors (Lipinski definition) is 5. The molecule has 3 aromatic rings. The van der Waals surface area contributed by atoms with Crippen molar-refractivity contribution in [1.82, 2.24) is 5.16 Å². The van der Waals surface area contributed by atoms with Crippen LogP contribution in [0.15, 0.2) is 64.0 Å². The Hall–Kier alpha value is -1.93. The number of benzene rings is 2. The summed E-state index contributed by atoms with van der Waals surface area (Å²) in [5.74, 6) is -0.0528. The van der Waals surface area contributed by atoms with Crippen molar-refractivity contribution < 1.29 is 47.3 Å². The van der Waals surface area contributed by atoms with Gasteiger partial charge in [0.2, 0.25) is 0 Å². The molecule has 0 saturated carbocycles. The molecule has 0 aliphatic rings. The van der Waals surface area contributed by atoms with Crippen LogP contribution in [0, 0.1) is 6.92 Å². The first-order valence-electron chi connectivity index (χ1n) is 8.05. The van der Waals surface area contributed by atoms with Crippen LogP contribution in [0.1, 0.15) is 19.1 Å². The second-order valence-electron chi connectivity index (χ2n) is 5.67. The first-order valence-corrected chi connectivity index (χ1v) is 9.49. The number of aromatic nitrogens is 1. The minimum atomic E-state index is -4.06. The molecule has 8 heteroatoms. The standard InChI is InChI=1S/C19H18N2O4S.Na/c1-3-17(22)21-26(23,24)16-11-7-10-15(12-16)19-18(13(2)25-20-19)14-8-5-4-6-9-14;/h4-12H,3H2,1-2H3,(H,21,22);/q;+1/p-1. The molecule has 0 bridgehead atoms. The molecule has 0 atom stereocenters. The minimum absolute atomic E-state index is 0. The van der Waals surface area contributed by atoms with Gasteiger partial charge in [0.05, 0.1) is 16.4 Å². The van der Waals surface area contributed by atoms with E-state index in [1.807, 2.05) is 30.3 Å². The first kappa shape index (κ1) is 21.4. The Bertz CT molecular complexity index is 1050. The van der Waals surface area contributed by atoms with Crippen LogP contribution in [0.2, 0.25) is 0 Å². The van der Waals surface area contributed by atoms with Gasteiger partial charge in [0, 0.05) is 5.56 Å². The van der Waals surface area contributed by atoms with E-state index in [1.54, 1.807) is 26.0 Å². The summed E-state index contributed by atoms with van der Waals surface area (Å²) in [6, 6.07) is 15.8. The molecule has 3 rings (SSSR count). The second-order valence-corrected chi connectivity index (χ2v) is 7.27. The minimum Gasteiger partial charge on any atom is -0.542 e. The maximum atomic E-state index is 12.3. The molecule has 1 heterocycles. The molecule has 6 nitrogen and oxygen atoms in total. The van der Waals surface area contributed by atoms with Crippen molar-refractivity contribution >= 4 is 15.9 Å². The number of rotatable bonds is 5. The van der Waals surface area contributed by atoms with Crippen molar-refractivity contribution in [3.63, 3.8) is 0 Å². The van der Waals surface area contributed by atoms with Crippen LogP contribution in [0.25, 0.3) is 27.1 Å². The van der Waals surface area contributed by atoms with Gasteiger partial charge in [-0.2, -0.15) is 0 Å². The number of aryl methyl sites for hydroxylation is 1. The molecular weight excluding hydrogens is 375 g/mol. The second kappa shape index (κ2) is 8.84. The van der Waals surface area contributed by atoms with Crippen LogP contribution >= 0.6 is 0 Å². The van der Waals surface area contributed by atoms with Gasteiger partial charge in [-0.25, -0.2) is 8.42 Å². The van der Waals surface area contributed by atoms with E-state index in [-0.39, 0.29) is 40.9 Å². The molecule has 27 heavy (non-hydrogen) atoms. The summed E-state index contributed by atoms with van der Waals surface area (Å²) in [7, 11) is -4.06. The van der Waals surface area contributed by atoms with Crippen LogP contribution < -0.4 is 29.6 Å². The summed E-state index contributed by atoms with van der Waals surface area (Å²) >= 11 is 0. The topological polar surface area (TPSA) is 91.3 Å². The van der Waals surface area contributed by atoms with E-state index in [4.69, 9.17) is 4.52 Å². The van der Waals surface area contributed by atoms with E-state index in [0.29, 0.717) is 17.0 Å². The van der Waals surface area contributed by atoms with Crippen molar-refractivity contribution in [2.24, 2.45) is 0 Å². The average molecular weight is 392 g/mol. The molecule has 0 radical (unpaired) electrons. The monoisotopic (exact) mass is 392 g/mol. The van der Waals surface area contributed by atoms with E-state index < -0.39 is 15.9 Å². The van der Waals surface area contributed by atoms with Gasteiger partial charge in [-0.1, -0.05) is 54.5 Å². The third-order valence-electron chi connectivity index (χ3n) is 3.85. The maximum Gasteiger partial charge on any atom is 1.00 e. The quantitative estimate of drug-likeness (QED) is 0.611. The Kier molecular flexibility index (Phi) is 7.00. The van der Waals surface area contributed by atoms with Gasteiger partial charge < -0.3 is 14.0 Å². The van der Waals surface area contributed by atoms with Crippen LogP contribution in [0.4, 0.5) is 0 Å². The fraction of sp³-hybridized carbons (Fsp3) is 0.158. The Morgan fingerprint density at radius 1 is 1.07 bits per heavy atom. The fourth-order valence-corrected chi connectivity index (χ4v) is 3.60. The SMILES string of the molecule is CCC(=O)[N-]S(=O)(=O)c1cccc(-c2noc(C)c2-c2ccccc2)c1.[Na+]. The van der Waals surface area contributed by atoms with Gasteiger partial charge in [-0.15, -0.1) is 0 Å². The third kappa shape index (κ3) is 4.68. The van der Waals surface area contributed by atoms with Crippen LogP contribution in [-0.2, 0) is 14.8 Å². The zero-order chi connectivity index (χ0) is 18.7. The van der Waals surface area contributed by atoms with Gasteiger partial charge >= 0.3 is 29.6 Å². The number of carbonyl (C=O) groups is 1.